The van der Waals surface area contributed by atoms with E-state index in [2.05, 4.69) is 20.6 Å². The monoisotopic (exact) mass is 312 g/mol. The molecule has 22 heavy (non-hydrogen) atoms. The molecule has 0 aliphatic carbocycles. The molecule has 0 bridgehead atoms. The summed E-state index contributed by atoms with van der Waals surface area (Å²) in [5, 5.41) is 13.8. The van der Waals surface area contributed by atoms with Crippen LogP contribution in [0.25, 0.3) is 22.9 Å². The second-order valence-electron chi connectivity index (χ2n) is 5.12. The van der Waals surface area contributed by atoms with Crippen molar-refractivity contribution < 1.29 is 4.42 Å². The zero-order valence-corrected chi connectivity index (χ0v) is 12.8. The molecule has 4 rings (SSSR count). The predicted molar refractivity (Wildman–Crippen MR) is 82.6 cm³/mol. The number of nitrogens with zero attached hydrogens (tertiary/aromatic N) is 3. The lowest BCUT2D eigenvalue weighted by molar-refractivity contribution is 0.559. The number of thioether (sulfide) groups is 1. The highest BCUT2D eigenvalue weighted by atomic mass is 32.2. The number of rotatable bonds is 1. The van der Waals surface area contributed by atoms with Crippen molar-refractivity contribution in [1.29, 1.82) is 0 Å². The number of hydrogen-bond donors (Lipinski definition) is 1. The van der Waals surface area contributed by atoms with Gasteiger partial charge in [-0.15, -0.1) is 22.0 Å². The summed E-state index contributed by atoms with van der Waals surface area (Å²) in [6, 6.07) is 7.92. The molecule has 1 aliphatic rings. The van der Waals surface area contributed by atoms with Gasteiger partial charge in [0.15, 0.2) is 11.2 Å². The third-order valence-electron chi connectivity index (χ3n) is 3.76. The molecule has 0 saturated heterocycles. The quantitative estimate of drug-likeness (QED) is 0.743. The zero-order valence-electron chi connectivity index (χ0n) is 12.0. The van der Waals surface area contributed by atoms with E-state index in [-0.39, 0.29) is 10.7 Å². The predicted octanol–water partition coefficient (Wildman–Crippen LogP) is 2.96. The highest BCUT2D eigenvalue weighted by molar-refractivity contribution is 7.99. The van der Waals surface area contributed by atoms with Crippen molar-refractivity contribution in [2.24, 2.45) is 0 Å². The van der Waals surface area contributed by atoms with E-state index in [1.807, 2.05) is 31.2 Å². The first-order valence-electron chi connectivity index (χ1n) is 6.84. The average Bonchev–Trinajstić information content (AvgIpc) is 3.04. The Morgan fingerprint density at radius 1 is 1.27 bits per heavy atom. The lowest BCUT2D eigenvalue weighted by atomic mass is 10.0. The number of tetrazole rings is 1. The number of H-pyrrole nitrogens is 1. The molecule has 6 nitrogen and oxygen atoms in total. The summed E-state index contributed by atoms with van der Waals surface area (Å²) in [6.07, 6.45) is 0. The van der Waals surface area contributed by atoms with Gasteiger partial charge in [-0.05, 0) is 25.1 Å². The molecule has 0 saturated carbocycles. The number of aromatic nitrogens is 4. The van der Waals surface area contributed by atoms with Crippen LogP contribution in [-0.2, 0) is 0 Å². The first-order chi connectivity index (χ1) is 10.7. The van der Waals surface area contributed by atoms with Crippen LogP contribution in [0.3, 0.4) is 0 Å². The first-order valence-corrected chi connectivity index (χ1v) is 7.72. The summed E-state index contributed by atoms with van der Waals surface area (Å²) in [6.45, 7) is 3.75. The van der Waals surface area contributed by atoms with Crippen LogP contribution >= 0.6 is 11.8 Å². The van der Waals surface area contributed by atoms with E-state index in [1.54, 1.807) is 18.7 Å². The van der Waals surface area contributed by atoms with Gasteiger partial charge in [0.25, 0.3) is 0 Å². The molecule has 0 fully saturated rings. The van der Waals surface area contributed by atoms with Crippen molar-refractivity contribution in [2.75, 3.05) is 0 Å². The van der Waals surface area contributed by atoms with Crippen LogP contribution in [0.5, 0.6) is 0 Å². The van der Waals surface area contributed by atoms with Crippen molar-refractivity contribution in [3.63, 3.8) is 0 Å². The van der Waals surface area contributed by atoms with Crippen LogP contribution in [0, 0.1) is 6.92 Å². The molecule has 110 valence electrons. The van der Waals surface area contributed by atoms with Crippen LogP contribution < -0.4 is 5.43 Å². The van der Waals surface area contributed by atoms with E-state index >= 15 is 0 Å². The van der Waals surface area contributed by atoms with Crippen LogP contribution in [0.15, 0.2) is 38.4 Å². The smallest absolute Gasteiger partial charge is 0.240 e. The lowest BCUT2D eigenvalue weighted by Gasteiger charge is -2.23. The third kappa shape index (κ3) is 1.82. The summed E-state index contributed by atoms with van der Waals surface area (Å²) in [5.41, 5.74) is 2.12. The molecule has 0 amide bonds. The molecule has 1 atom stereocenters. The Morgan fingerprint density at radius 3 is 2.86 bits per heavy atom. The molecule has 1 aromatic carbocycles. The van der Waals surface area contributed by atoms with Crippen molar-refractivity contribution in [3.8, 4) is 22.9 Å². The molecule has 1 unspecified atom stereocenters. The summed E-state index contributed by atoms with van der Waals surface area (Å²) in [5.74, 6) is 1.27. The second-order valence-corrected chi connectivity index (χ2v) is 6.50. The van der Waals surface area contributed by atoms with Gasteiger partial charge >= 0.3 is 0 Å². The molecule has 0 spiro atoms. The van der Waals surface area contributed by atoms with Crippen molar-refractivity contribution in [2.45, 2.75) is 24.0 Å². The van der Waals surface area contributed by atoms with Gasteiger partial charge in [0.1, 0.15) is 5.76 Å². The minimum absolute atomic E-state index is 0.0180. The first kappa shape index (κ1) is 13.3. The van der Waals surface area contributed by atoms with E-state index in [4.69, 9.17) is 4.42 Å². The number of nitrogens with one attached hydrogen (secondary N) is 1. The van der Waals surface area contributed by atoms with Gasteiger partial charge < -0.3 is 4.42 Å². The van der Waals surface area contributed by atoms with Gasteiger partial charge in [0.05, 0.1) is 5.56 Å². The Kier molecular flexibility index (Phi) is 2.90. The zero-order chi connectivity index (χ0) is 15.3. The summed E-state index contributed by atoms with van der Waals surface area (Å²) >= 11 is 1.67. The molecule has 3 heterocycles. The molecule has 2 aromatic heterocycles. The highest BCUT2D eigenvalue weighted by Gasteiger charge is 2.30. The number of fused-ring (bicyclic) bond motifs is 3. The van der Waals surface area contributed by atoms with Crippen molar-refractivity contribution in [1.82, 2.24) is 20.6 Å². The van der Waals surface area contributed by atoms with E-state index in [1.165, 1.54) is 0 Å². The maximum Gasteiger partial charge on any atom is 0.240 e. The van der Waals surface area contributed by atoms with Crippen molar-refractivity contribution in [3.05, 3.63) is 45.6 Å². The highest BCUT2D eigenvalue weighted by Crippen LogP contribution is 2.48. The van der Waals surface area contributed by atoms with Gasteiger partial charge in [-0.3, -0.25) is 4.79 Å². The van der Waals surface area contributed by atoms with Crippen LogP contribution in [0.1, 0.15) is 23.3 Å². The number of aromatic amines is 1. The minimum Gasteiger partial charge on any atom is -0.452 e. The Morgan fingerprint density at radius 2 is 2.09 bits per heavy atom. The Bertz CT molecular complexity index is 918. The fourth-order valence-electron chi connectivity index (χ4n) is 2.69. The van der Waals surface area contributed by atoms with Crippen LogP contribution in [0.4, 0.5) is 0 Å². The minimum atomic E-state index is -0.0180. The summed E-state index contributed by atoms with van der Waals surface area (Å²) < 4.78 is 6.05. The van der Waals surface area contributed by atoms with E-state index in [0.29, 0.717) is 28.5 Å². The molecule has 1 aliphatic heterocycles. The average molecular weight is 312 g/mol. The normalized spacial score (nSPS) is 16.2. The third-order valence-corrected chi connectivity index (χ3v) is 4.96. The molecule has 3 aromatic rings. The molecule has 0 radical (unpaired) electrons. The largest absolute Gasteiger partial charge is 0.452 e. The Labute approximate surface area is 129 Å². The maximum atomic E-state index is 12.8. The van der Waals surface area contributed by atoms with Gasteiger partial charge in [-0.25, -0.2) is 0 Å². The summed E-state index contributed by atoms with van der Waals surface area (Å²) in [4.78, 5) is 13.9. The van der Waals surface area contributed by atoms with Crippen LogP contribution in [0.2, 0.25) is 0 Å². The molecular weight excluding hydrogens is 300 g/mol. The Hall–Kier alpha value is -2.41. The number of benzene rings is 1. The standard InChI is InChI=1S/C15H12N4O2S/c1-7-12(20)11-8(2)22-10-6-4-3-5-9(10)14(11)21-13(7)15-16-18-19-17-15/h3-6,8H,1-2H3,(H,16,17,18,19). The van der Waals surface area contributed by atoms with Gasteiger partial charge in [0, 0.05) is 21.3 Å². The lowest BCUT2D eigenvalue weighted by Crippen LogP contribution is -2.18. The van der Waals surface area contributed by atoms with E-state index in [0.717, 1.165) is 10.5 Å². The fraction of sp³-hybridized carbons (Fsp3) is 0.200. The number of hydrogen-bond acceptors (Lipinski definition) is 6. The Balaban J connectivity index is 2.07. The fourth-order valence-corrected chi connectivity index (χ4v) is 3.85. The van der Waals surface area contributed by atoms with Gasteiger partial charge in [-0.1, -0.05) is 18.2 Å². The maximum absolute atomic E-state index is 12.8. The van der Waals surface area contributed by atoms with Gasteiger partial charge in [0.2, 0.25) is 5.82 Å². The molecular formula is C15H12N4O2S. The topological polar surface area (TPSA) is 84.7 Å². The van der Waals surface area contributed by atoms with Crippen LogP contribution in [-0.4, -0.2) is 20.6 Å². The second kappa shape index (κ2) is 4.81. The SMILES string of the molecule is Cc1c(-c2nn[nH]n2)oc2c(c1=O)C(C)Sc1ccccc1-2. The van der Waals surface area contributed by atoms with Gasteiger partial charge in [-0.2, -0.15) is 5.21 Å². The van der Waals surface area contributed by atoms with Crippen molar-refractivity contribution >= 4 is 11.8 Å². The molecule has 1 N–H and O–H groups in total. The van der Waals surface area contributed by atoms with E-state index in [9.17, 15) is 4.79 Å². The summed E-state index contributed by atoms with van der Waals surface area (Å²) in [7, 11) is 0. The van der Waals surface area contributed by atoms with E-state index < -0.39 is 0 Å². The molecule has 7 heteroatoms.